The molecule has 5 heteroatoms. The molecule has 2 heterocycles. The van der Waals surface area contributed by atoms with Crippen LogP contribution in [0, 0.1) is 5.92 Å². The fourth-order valence-electron chi connectivity index (χ4n) is 3.20. The quantitative estimate of drug-likeness (QED) is 0.887. The van der Waals surface area contributed by atoms with Gasteiger partial charge in [0.1, 0.15) is 0 Å². The lowest BCUT2D eigenvalue weighted by Gasteiger charge is -2.31. The van der Waals surface area contributed by atoms with E-state index in [9.17, 15) is 4.79 Å². The number of piperidine rings is 1. The highest BCUT2D eigenvalue weighted by atomic mass is 16.2. The molecule has 2 aromatic rings. The summed E-state index contributed by atoms with van der Waals surface area (Å²) in [4.78, 5) is 14.6. The van der Waals surface area contributed by atoms with Gasteiger partial charge in [-0.1, -0.05) is 37.3 Å². The van der Waals surface area contributed by atoms with Crippen LogP contribution in [0.5, 0.6) is 0 Å². The van der Waals surface area contributed by atoms with Crippen LogP contribution in [0.2, 0.25) is 0 Å². The zero-order valence-electron chi connectivity index (χ0n) is 14.3. The predicted molar refractivity (Wildman–Crippen MR) is 94.9 cm³/mol. The third-order valence-corrected chi connectivity index (χ3v) is 4.65. The lowest BCUT2D eigenvalue weighted by Crippen LogP contribution is -2.40. The first-order valence-corrected chi connectivity index (χ1v) is 8.82. The summed E-state index contributed by atoms with van der Waals surface area (Å²) in [6.07, 6.45) is 5.71. The van der Waals surface area contributed by atoms with E-state index in [0.29, 0.717) is 18.0 Å². The number of benzene rings is 1. The Kier molecular flexibility index (Phi) is 5.64. The number of hydrogen-bond acceptors (Lipinski definition) is 3. The molecule has 1 aromatic heterocycles. The number of rotatable bonds is 6. The number of carbonyl (C=O) groups is 1. The highest BCUT2D eigenvalue weighted by Gasteiger charge is 2.24. The molecule has 24 heavy (non-hydrogen) atoms. The summed E-state index contributed by atoms with van der Waals surface area (Å²) >= 11 is 0. The van der Waals surface area contributed by atoms with Crippen molar-refractivity contribution in [3.63, 3.8) is 0 Å². The fourth-order valence-corrected chi connectivity index (χ4v) is 3.20. The van der Waals surface area contributed by atoms with Gasteiger partial charge in [0.15, 0.2) is 0 Å². The predicted octanol–water partition coefficient (Wildman–Crippen LogP) is 2.39. The molecule has 1 fully saturated rings. The molecular weight excluding hydrogens is 300 g/mol. The summed E-state index contributed by atoms with van der Waals surface area (Å²) < 4.78 is 1.83. The zero-order chi connectivity index (χ0) is 16.8. The molecule has 1 aliphatic heterocycles. The van der Waals surface area contributed by atoms with Crippen LogP contribution in [0.4, 0.5) is 0 Å². The molecule has 1 aliphatic rings. The van der Waals surface area contributed by atoms with Gasteiger partial charge in [0.2, 0.25) is 0 Å². The molecular formula is C19H26N4O. The fraction of sp³-hybridized carbons (Fsp3) is 0.474. The van der Waals surface area contributed by atoms with Crippen molar-refractivity contribution in [3.05, 3.63) is 53.9 Å². The Hall–Kier alpha value is -2.14. The molecule has 0 unspecified atom stereocenters. The van der Waals surface area contributed by atoms with Crippen LogP contribution in [0.15, 0.2) is 42.7 Å². The maximum Gasteiger partial charge on any atom is 0.257 e. The Morgan fingerprint density at radius 3 is 2.71 bits per heavy atom. The van der Waals surface area contributed by atoms with E-state index in [0.717, 1.165) is 39.0 Å². The Labute approximate surface area is 143 Å². The van der Waals surface area contributed by atoms with Gasteiger partial charge < -0.3 is 10.2 Å². The van der Waals surface area contributed by atoms with Crippen molar-refractivity contribution in [2.24, 2.45) is 5.92 Å². The van der Waals surface area contributed by atoms with Crippen LogP contribution in [0.25, 0.3) is 0 Å². The summed E-state index contributed by atoms with van der Waals surface area (Å²) in [5.41, 5.74) is 1.87. The minimum absolute atomic E-state index is 0.108. The Morgan fingerprint density at radius 1 is 1.25 bits per heavy atom. The van der Waals surface area contributed by atoms with E-state index in [-0.39, 0.29) is 5.91 Å². The monoisotopic (exact) mass is 326 g/mol. The molecule has 0 radical (unpaired) electrons. The first kappa shape index (κ1) is 16.7. The van der Waals surface area contributed by atoms with Gasteiger partial charge in [-0.05, 0) is 37.4 Å². The van der Waals surface area contributed by atoms with Gasteiger partial charge in [-0.3, -0.25) is 9.48 Å². The highest BCUT2D eigenvalue weighted by Crippen LogP contribution is 2.18. The van der Waals surface area contributed by atoms with E-state index in [1.54, 1.807) is 6.20 Å². The van der Waals surface area contributed by atoms with Crippen molar-refractivity contribution in [1.82, 2.24) is 20.0 Å². The van der Waals surface area contributed by atoms with Crippen molar-refractivity contribution in [2.75, 3.05) is 26.2 Å². The molecule has 1 amide bonds. The number of amides is 1. The maximum atomic E-state index is 12.6. The van der Waals surface area contributed by atoms with Crippen molar-refractivity contribution >= 4 is 5.91 Å². The van der Waals surface area contributed by atoms with Crippen molar-refractivity contribution in [3.8, 4) is 0 Å². The van der Waals surface area contributed by atoms with Crippen molar-refractivity contribution < 1.29 is 4.79 Å². The summed E-state index contributed by atoms with van der Waals surface area (Å²) in [6, 6.07) is 10.2. The minimum Gasteiger partial charge on any atom is -0.339 e. The van der Waals surface area contributed by atoms with Gasteiger partial charge in [-0.25, -0.2) is 0 Å². The van der Waals surface area contributed by atoms with E-state index in [1.165, 1.54) is 5.56 Å². The molecule has 1 aromatic carbocycles. The van der Waals surface area contributed by atoms with Gasteiger partial charge in [-0.2, -0.15) is 5.10 Å². The lowest BCUT2D eigenvalue weighted by molar-refractivity contribution is 0.0690. The van der Waals surface area contributed by atoms with Crippen molar-refractivity contribution in [1.29, 1.82) is 0 Å². The molecule has 1 N–H and O–H groups in total. The number of likely N-dealkylation sites (tertiary alicyclic amines) is 1. The summed E-state index contributed by atoms with van der Waals surface area (Å²) in [5.74, 6) is 0.797. The van der Waals surface area contributed by atoms with Crippen LogP contribution in [0.3, 0.4) is 0 Å². The first-order valence-electron chi connectivity index (χ1n) is 8.82. The number of hydrogen-bond donors (Lipinski definition) is 1. The molecule has 128 valence electrons. The largest absolute Gasteiger partial charge is 0.339 e. The molecule has 0 bridgehead atoms. The Morgan fingerprint density at radius 2 is 2.00 bits per heavy atom. The molecule has 0 saturated carbocycles. The van der Waals surface area contributed by atoms with E-state index in [4.69, 9.17) is 0 Å². The topological polar surface area (TPSA) is 50.2 Å². The molecule has 0 atom stereocenters. The molecule has 1 saturated heterocycles. The minimum atomic E-state index is 0.108. The van der Waals surface area contributed by atoms with Gasteiger partial charge >= 0.3 is 0 Å². The average Bonchev–Trinajstić information content (AvgIpc) is 3.09. The van der Waals surface area contributed by atoms with E-state index >= 15 is 0 Å². The number of aromatic nitrogens is 2. The second-order valence-corrected chi connectivity index (χ2v) is 6.46. The maximum absolute atomic E-state index is 12.6. The molecule has 0 spiro atoms. The Bertz CT molecular complexity index is 644. The molecule has 3 rings (SSSR count). The second-order valence-electron chi connectivity index (χ2n) is 6.46. The van der Waals surface area contributed by atoms with E-state index < -0.39 is 0 Å². The SMILES string of the molecule is CCNCC1CCN(C(=O)c2cnn(Cc3ccccc3)c2)CC1. The number of nitrogens with zero attached hydrogens (tertiary/aromatic N) is 3. The van der Waals surface area contributed by atoms with E-state index in [2.05, 4.69) is 29.5 Å². The van der Waals surface area contributed by atoms with Gasteiger partial charge in [0.25, 0.3) is 5.91 Å². The lowest BCUT2D eigenvalue weighted by atomic mass is 9.96. The molecule has 0 aliphatic carbocycles. The zero-order valence-corrected chi connectivity index (χ0v) is 14.3. The normalized spacial score (nSPS) is 15.6. The third-order valence-electron chi connectivity index (χ3n) is 4.65. The van der Waals surface area contributed by atoms with Crippen LogP contribution < -0.4 is 5.32 Å². The van der Waals surface area contributed by atoms with Crippen molar-refractivity contribution in [2.45, 2.75) is 26.3 Å². The summed E-state index contributed by atoms with van der Waals surface area (Å²) in [5, 5.41) is 7.75. The average molecular weight is 326 g/mol. The van der Waals surface area contributed by atoms with Crippen LogP contribution in [0.1, 0.15) is 35.7 Å². The number of nitrogens with one attached hydrogen (secondary N) is 1. The van der Waals surface area contributed by atoms with Crippen LogP contribution in [-0.4, -0.2) is 46.8 Å². The first-order chi connectivity index (χ1) is 11.8. The number of carbonyl (C=O) groups excluding carboxylic acids is 1. The Balaban J connectivity index is 1.54. The van der Waals surface area contributed by atoms with Crippen LogP contribution in [-0.2, 0) is 6.54 Å². The third kappa shape index (κ3) is 4.23. The van der Waals surface area contributed by atoms with Gasteiger partial charge in [0.05, 0.1) is 18.3 Å². The summed E-state index contributed by atoms with van der Waals surface area (Å²) in [7, 11) is 0. The van der Waals surface area contributed by atoms with Crippen LogP contribution >= 0.6 is 0 Å². The van der Waals surface area contributed by atoms with Gasteiger partial charge in [0, 0.05) is 19.3 Å². The van der Waals surface area contributed by atoms with E-state index in [1.807, 2.05) is 34.0 Å². The smallest absolute Gasteiger partial charge is 0.257 e. The highest BCUT2D eigenvalue weighted by molar-refractivity contribution is 5.93. The molecule has 5 nitrogen and oxygen atoms in total. The standard InChI is InChI=1S/C19H26N4O/c1-2-20-12-16-8-10-22(11-9-16)19(24)18-13-21-23(15-18)14-17-6-4-3-5-7-17/h3-7,13,15-16,20H,2,8-12,14H2,1H3. The second kappa shape index (κ2) is 8.11. The van der Waals surface area contributed by atoms with Gasteiger partial charge in [-0.15, -0.1) is 0 Å². The summed E-state index contributed by atoms with van der Waals surface area (Å²) in [6.45, 7) is 6.59.